The molecule has 1 unspecified atom stereocenters. The van der Waals surface area contributed by atoms with Crippen LogP contribution in [-0.4, -0.2) is 39.3 Å². The minimum absolute atomic E-state index is 0.00385. The fourth-order valence-corrected chi connectivity index (χ4v) is 0.947. The SMILES string of the molecule is COCCNC(=O)CCNCC(C)C#N. The van der Waals surface area contributed by atoms with Gasteiger partial charge in [-0.1, -0.05) is 0 Å². The normalized spacial score (nSPS) is 11.8. The van der Waals surface area contributed by atoms with Crippen molar-refractivity contribution in [2.75, 3.05) is 33.4 Å². The minimum Gasteiger partial charge on any atom is -0.383 e. The van der Waals surface area contributed by atoms with E-state index in [9.17, 15) is 4.79 Å². The first-order valence-electron chi connectivity index (χ1n) is 5.06. The van der Waals surface area contributed by atoms with Gasteiger partial charge in [-0.15, -0.1) is 0 Å². The molecule has 0 radical (unpaired) electrons. The predicted octanol–water partition coefficient (Wildman–Crippen LogP) is -0.112. The van der Waals surface area contributed by atoms with Gasteiger partial charge in [0.25, 0.3) is 0 Å². The van der Waals surface area contributed by atoms with Gasteiger partial charge in [-0.25, -0.2) is 0 Å². The summed E-state index contributed by atoms with van der Waals surface area (Å²) in [5.74, 6) is -0.00860. The lowest BCUT2D eigenvalue weighted by Gasteiger charge is -2.06. The smallest absolute Gasteiger partial charge is 0.221 e. The van der Waals surface area contributed by atoms with Crippen LogP contribution in [0.15, 0.2) is 0 Å². The first-order valence-corrected chi connectivity index (χ1v) is 5.06. The Morgan fingerprint density at radius 3 is 2.87 bits per heavy atom. The van der Waals surface area contributed by atoms with Crippen LogP contribution in [0.5, 0.6) is 0 Å². The molecule has 0 aliphatic heterocycles. The Labute approximate surface area is 90.8 Å². The summed E-state index contributed by atoms with van der Waals surface area (Å²) in [6.45, 7) is 4.15. The number of ether oxygens (including phenoxy) is 1. The number of hydrogen-bond donors (Lipinski definition) is 2. The van der Waals surface area contributed by atoms with E-state index in [2.05, 4.69) is 16.7 Å². The Morgan fingerprint density at radius 1 is 1.53 bits per heavy atom. The molecule has 2 N–H and O–H groups in total. The van der Waals surface area contributed by atoms with E-state index < -0.39 is 0 Å². The van der Waals surface area contributed by atoms with Gasteiger partial charge in [-0.2, -0.15) is 5.26 Å². The molecule has 0 spiro atoms. The fraction of sp³-hybridized carbons (Fsp3) is 0.800. The first kappa shape index (κ1) is 13.9. The molecule has 0 bridgehead atoms. The van der Waals surface area contributed by atoms with Crippen molar-refractivity contribution in [1.29, 1.82) is 5.26 Å². The second-order valence-electron chi connectivity index (χ2n) is 3.33. The van der Waals surface area contributed by atoms with Crippen molar-refractivity contribution in [2.24, 2.45) is 5.92 Å². The van der Waals surface area contributed by atoms with Gasteiger partial charge in [0.2, 0.25) is 5.91 Å². The van der Waals surface area contributed by atoms with E-state index in [1.165, 1.54) is 0 Å². The molecule has 0 fully saturated rings. The molecule has 0 rings (SSSR count). The third-order valence-electron chi connectivity index (χ3n) is 1.83. The van der Waals surface area contributed by atoms with Gasteiger partial charge in [-0.3, -0.25) is 4.79 Å². The molecule has 0 aromatic heterocycles. The summed E-state index contributed by atoms with van der Waals surface area (Å²) >= 11 is 0. The summed E-state index contributed by atoms with van der Waals surface area (Å²) in [5.41, 5.74) is 0. The molecule has 0 aromatic carbocycles. The third kappa shape index (κ3) is 9.19. The van der Waals surface area contributed by atoms with Gasteiger partial charge in [0, 0.05) is 33.2 Å². The van der Waals surface area contributed by atoms with Crippen molar-refractivity contribution in [1.82, 2.24) is 10.6 Å². The van der Waals surface area contributed by atoms with Crippen LogP contribution in [0.4, 0.5) is 0 Å². The number of rotatable bonds is 8. The number of hydrogen-bond acceptors (Lipinski definition) is 4. The standard InChI is InChI=1S/C10H19N3O2/c1-9(7-11)8-12-4-3-10(14)13-5-6-15-2/h9,12H,3-6,8H2,1-2H3,(H,13,14). The molecule has 0 saturated heterocycles. The molecule has 86 valence electrons. The lowest BCUT2D eigenvalue weighted by atomic mass is 10.2. The summed E-state index contributed by atoms with van der Waals surface area (Å²) in [7, 11) is 1.59. The molecular formula is C10H19N3O2. The summed E-state index contributed by atoms with van der Waals surface area (Å²) in [6, 6.07) is 2.12. The van der Waals surface area contributed by atoms with E-state index in [0.717, 1.165) is 0 Å². The third-order valence-corrected chi connectivity index (χ3v) is 1.83. The lowest BCUT2D eigenvalue weighted by Crippen LogP contribution is -2.31. The molecular weight excluding hydrogens is 194 g/mol. The van der Waals surface area contributed by atoms with E-state index in [0.29, 0.717) is 32.7 Å². The van der Waals surface area contributed by atoms with Crippen molar-refractivity contribution < 1.29 is 9.53 Å². The van der Waals surface area contributed by atoms with Gasteiger partial charge in [0.15, 0.2) is 0 Å². The van der Waals surface area contributed by atoms with Gasteiger partial charge in [-0.05, 0) is 6.92 Å². The first-order chi connectivity index (χ1) is 7.20. The predicted molar refractivity (Wildman–Crippen MR) is 57.1 cm³/mol. The quantitative estimate of drug-likeness (QED) is 0.552. The second kappa shape index (κ2) is 9.44. The lowest BCUT2D eigenvalue weighted by molar-refractivity contribution is -0.121. The van der Waals surface area contributed by atoms with Gasteiger partial charge >= 0.3 is 0 Å². The average Bonchev–Trinajstić information content (AvgIpc) is 2.24. The Kier molecular flexibility index (Phi) is 8.73. The second-order valence-corrected chi connectivity index (χ2v) is 3.33. The number of nitrogens with one attached hydrogen (secondary N) is 2. The van der Waals surface area contributed by atoms with Crippen molar-refractivity contribution in [3.05, 3.63) is 0 Å². The molecule has 1 atom stereocenters. The van der Waals surface area contributed by atoms with Crippen molar-refractivity contribution in [3.8, 4) is 6.07 Å². The zero-order valence-electron chi connectivity index (χ0n) is 9.38. The minimum atomic E-state index is -0.0125. The number of carbonyl (C=O) groups is 1. The van der Waals surface area contributed by atoms with Crippen molar-refractivity contribution >= 4 is 5.91 Å². The summed E-state index contributed by atoms with van der Waals surface area (Å²) in [6.07, 6.45) is 0.432. The van der Waals surface area contributed by atoms with E-state index in [-0.39, 0.29) is 11.8 Å². The maximum atomic E-state index is 11.2. The van der Waals surface area contributed by atoms with Crippen LogP contribution in [0.2, 0.25) is 0 Å². The highest BCUT2D eigenvalue weighted by Gasteiger charge is 2.01. The molecule has 1 amide bonds. The summed E-state index contributed by atoms with van der Waals surface area (Å²) in [5, 5.41) is 14.3. The number of nitriles is 1. The van der Waals surface area contributed by atoms with E-state index in [1.807, 2.05) is 6.92 Å². The highest BCUT2D eigenvalue weighted by molar-refractivity contribution is 5.75. The van der Waals surface area contributed by atoms with Crippen LogP contribution in [0.1, 0.15) is 13.3 Å². The van der Waals surface area contributed by atoms with Crippen molar-refractivity contribution in [3.63, 3.8) is 0 Å². The van der Waals surface area contributed by atoms with E-state index >= 15 is 0 Å². The zero-order valence-corrected chi connectivity index (χ0v) is 9.38. The Bertz CT molecular complexity index is 213. The fourth-order valence-electron chi connectivity index (χ4n) is 0.947. The van der Waals surface area contributed by atoms with Crippen molar-refractivity contribution in [2.45, 2.75) is 13.3 Å². The van der Waals surface area contributed by atoms with Crippen LogP contribution in [0.3, 0.4) is 0 Å². The molecule has 0 aliphatic carbocycles. The monoisotopic (exact) mass is 213 g/mol. The van der Waals surface area contributed by atoms with E-state index in [1.54, 1.807) is 7.11 Å². The van der Waals surface area contributed by atoms with E-state index in [4.69, 9.17) is 10.00 Å². The molecule has 0 saturated carbocycles. The van der Waals surface area contributed by atoms with Crippen LogP contribution in [0, 0.1) is 17.2 Å². The topological polar surface area (TPSA) is 74.2 Å². The highest BCUT2D eigenvalue weighted by Crippen LogP contribution is 1.87. The molecule has 5 nitrogen and oxygen atoms in total. The van der Waals surface area contributed by atoms with Gasteiger partial charge in [0.05, 0.1) is 18.6 Å². The summed E-state index contributed by atoms with van der Waals surface area (Å²) < 4.78 is 4.80. The Balaban J connectivity index is 3.28. The van der Waals surface area contributed by atoms with Gasteiger partial charge in [0.1, 0.15) is 0 Å². The maximum Gasteiger partial charge on any atom is 0.221 e. The molecule has 0 aromatic rings. The molecule has 15 heavy (non-hydrogen) atoms. The highest BCUT2D eigenvalue weighted by atomic mass is 16.5. The number of carbonyl (C=O) groups excluding carboxylic acids is 1. The van der Waals surface area contributed by atoms with Gasteiger partial charge < -0.3 is 15.4 Å². The number of methoxy groups -OCH3 is 1. The van der Waals surface area contributed by atoms with Crippen LogP contribution in [0.25, 0.3) is 0 Å². The zero-order chi connectivity index (χ0) is 11.5. The molecule has 0 heterocycles. The van der Waals surface area contributed by atoms with Crippen LogP contribution in [-0.2, 0) is 9.53 Å². The maximum absolute atomic E-state index is 11.2. The van der Waals surface area contributed by atoms with Crippen LogP contribution < -0.4 is 10.6 Å². The summed E-state index contributed by atoms with van der Waals surface area (Å²) in [4.78, 5) is 11.2. The molecule has 0 aliphatic rings. The largest absolute Gasteiger partial charge is 0.383 e. The average molecular weight is 213 g/mol. The van der Waals surface area contributed by atoms with Crippen LogP contribution >= 0.6 is 0 Å². The molecule has 5 heteroatoms. The Hall–Kier alpha value is -1.12. The number of amides is 1. The Morgan fingerprint density at radius 2 is 2.27 bits per heavy atom. The number of nitrogens with zero attached hydrogens (tertiary/aromatic N) is 1.